The van der Waals surface area contributed by atoms with E-state index in [2.05, 4.69) is 11.1 Å². The van der Waals surface area contributed by atoms with Crippen LogP contribution in [-0.4, -0.2) is 4.98 Å². The third-order valence-corrected chi connectivity index (χ3v) is 3.92. The first-order valence-electron chi connectivity index (χ1n) is 7.64. The quantitative estimate of drug-likeness (QED) is 0.866. The minimum absolute atomic E-state index is 0.0326. The fourth-order valence-electron chi connectivity index (χ4n) is 2.78. The summed E-state index contributed by atoms with van der Waals surface area (Å²) < 4.78 is 27.1. The van der Waals surface area contributed by atoms with Gasteiger partial charge in [0.25, 0.3) is 6.43 Å². The van der Waals surface area contributed by atoms with E-state index in [1.165, 1.54) is 12.4 Å². The van der Waals surface area contributed by atoms with Crippen LogP contribution in [0.2, 0.25) is 0 Å². The molecule has 0 amide bonds. The van der Waals surface area contributed by atoms with E-state index >= 15 is 0 Å². The predicted molar refractivity (Wildman–Crippen MR) is 91.6 cm³/mol. The van der Waals surface area contributed by atoms with Crippen LogP contribution in [0.15, 0.2) is 30.6 Å². The minimum Gasteiger partial charge on any atom is -0.397 e. The number of alkyl halides is 2. The van der Waals surface area contributed by atoms with Crippen molar-refractivity contribution in [3.05, 3.63) is 64.0 Å². The molecule has 5 heteroatoms. The van der Waals surface area contributed by atoms with Gasteiger partial charge in [-0.25, -0.2) is 8.78 Å². The number of hydrogen-bond donors (Lipinski definition) is 1. The van der Waals surface area contributed by atoms with E-state index in [1.807, 2.05) is 32.9 Å². The second kappa shape index (κ2) is 7.22. The molecule has 0 unspecified atom stereocenters. The van der Waals surface area contributed by atoms with E-state index in [-0.39, 0.29) is 11.3 Å². The van der Waals surface area contributed by atoms with Crippen LogP contribution in [0.4, 0.5) is 14.5 Å². The molecule has 1 aromatic carbocycles. The summed E-state index contributed by atoms with van der Waals surface area (Å²) in [4.78, 5) is 3.98. The largest absolute Gasteiger partial charge is 0.397 e. The maximum atomic E-state index is 13.5. The van der Waals surface area contributed by atoms with Gasteiger partial charge in [0.2, 0.25) is 0 Å². The fourth-order valence-corrected chi connectivity index (χ4v) is 2.78. The maximum absolute atomic E-state index is 13.5. The number of allylic oxidation sites excluding steroid dienone is 1. The molecule has 0 saturated heterocycles. The number of aryl methyl sites for hydroxylation is 2. The Morgan fingerprint density at radius 2 is 1.96 bits per heavy atom. The molecule has 0 fully saturated rings. The topological polar surface area (TPSA) is 62.7 Å². The van der Waals surface area contributed by atoms with Gasteiger partial charge in [0, 0.05) is 11.8 Å². The monoisotopic (exact) mass is 327 g/mol. The molecule has 1 aromatic heterocycles. The van der Waals surface area contributed by atoms with E-state index in [0.29, 0.717) is 23.1 Å². The van der Waals surface area contributed by atoms with Gasteiger partial charge < -0.3 is 5.73 Å². The lowest BCUT2D eigenvalue weighted by Gasteiger charge is -2.17. The molecule has 2 aromatic rings. The highest BCUT2D eigenvalue weighted by Crippen LogP contribution is 2.36. The molecule has 0 aliphatic carbocycles. The van der Waals surface area contributed by atoms with Crippen molar-refractivity contribution in [3.8, 4) is 6.07 Å². The number of nitrogens with zero attached hydrogens (tertiary/aromatic N) is 2. The predicted octanol–water partition coefficient (Wildman–Crippen LogP) is 4.93. The van der Waals surface area contributed by atoms with Crippen LogP contribution in [0.25, 0.3) is 5.57 Å². The summed E-state index contributed by atoms with van der Waals surface area (Å²) in [5, 5.41) is 9.28. The Hall–Kier alpha value is -2.74. The number of nitriles is 1. The van der Waals surface area contributed by atoms with Gasteiger partial charge >= 0.3 is 0 Å². The SMILES string of the molecule is CC/C=C(\c1cc(C#N)c(C)cc1C)c1cncc(N)c1C(F)F. The standard InChI is InChI=1S/C19H19F2N3/c1-4-5-14(15-7-13(8-22)11(2)6-12(15)3)16-9-24-10-17(23)18(16)19(20)21/h5-7,9-10,19H,4,23H2,1-3H3/b14-5+. The summed E-state index contributed by atoms with van der Waals surface area (Å²) >= 11 is 0. The Morgan fingerprint density at radius 3 is 2.54 bits per heavy atom. The van der Waals surface area contributed by atoms with Gasteiger partial charge in [0.05, 0.1) is 29.1 Å². The third-order valence-electron chi connectivity index (χ3n) is 3.92. The number of rotatable bonds is 4. The Balaban J connectivity index is 2.77. The second-order valence-electron chi connectivity index (χ2n) is 5.61. The first kappa shape index (κ1) is 17.6. The van der Waals surface area contributed by atoms with Crippen molar-refractivity contribution < 1.29 is 8.78 Å². The number of aromatic nitrogens is 1. The van der Waals surface area contributed by atoms with Crippen molar-refractivity contribution >= 4 is 11.3 Å². The summed E-state index contributed by atoms with van der Waals surface area (Å²) in [6.07, 6.45) is 2.45. The summed E-state index contributed by atoms with van der Waals surface area (Å²) in [5.41, 5.74) is 9.45. The van der Waals surface area contributed by atoms with E-state index in [9.17, 15) is 14.0 Å². The van der Waals surface area contributed by atoms with Gasteiger partial charge in [-0.05, 0) is 48.6 Å². The number of hydrogen-bond acceptors (Lipinski definition) is 3. The Bertz CT molecular complexity index is 833. The highest BCUT2D eigenvalue weighted by molar-refractivity contribution is 5.85. The van der Waals surface area contributed by atoms with E-state index in [0.717, 1.165) is 16.7 Å². The average Bonchev–Trinajstić information content (AvgIpc) is 2.52. The maximum Gasteiger partial charge on any atom is 0.266 e. The van der Waals surface area contributed by atoms with Crippen molar-refractivity contribution in [2.24, 2.45) is 0 Å². The van der Waals surface area contributed by atoms with Crippen LogP contribution >= 0.6 is 0 Å². The number of nitrogen functional groups attached to an aromatic ring is 1. The highest BCUT2D eigenvalue weighted by Gasteiger charge is 2.21. The van der Waals surface area contributed by atoms with E-state index in [4.69, 9.17) is 5.73 Å². The summed E-state index contributed by atoms with van der Waals surface area (Å²) in [6, 6.07) is 5.77. The molecule has 1 heterocycles. The van der Waals surface area contributed by atoms with Crippen molar-refractivity contribution in [2.75, 3.05) is 5.73 Å². The molecule has 0 radical (unpaired) electrons. The van der Waals surface area contributed by atoms with Crippen LogP contribution < -0.4 is 5.73 Å². The fraction of sp³-hybridized carbons (Fsp3) is 0.263. The zero-order valence-corrected chi connectivity index (χ0v) is 13.9. The molecule has 0 atom stereocenters. The lowest BCUT2D eigenvalue weighted by atomic mass is 9.89. The van der Waals surface area contributed by atoms with Gasteiger partial charge in [-0.3, -0.25) is 4.98 Å². The molecule has 0 bridgehead atoms. The Morgan fingerprint density at radius 1 is 1.25 bits per heavy atom. The highest BCUT2D eigenvalue weighted by atomic mass is 19.3. The Labute approximate surface area is 140 Å². The molecule has 2 rings (SSSR count). The van der Waals surface area contributed by atoms with Crippen LogP contribution in [0, 0.1) is 25.2 Å². The zero-order chi connectivity index (χ0) is 17.9. The van der Waals surface area contributed by atoms with E-state index < -0.39 is 6.43 Å². The molecule has 2 N–H and O–H groups in total. The van der Waals surface area contributed by atoms with Crippen molar-refractivity contribution in [1.82, 2.24) is 4.98 Å². The second-order valence-corrected chi connectivity index (χ2v) is 5.61. The van der Waals surface area contributed by atoms with Gasteiger partial charge in [0.1, 0.15) is 0 Å². The zero-order valence-electron chi connectivity index (χ0n) is 13.9. The number of pyridine rings is 1. The van der Waals surface area contributed by atoms with Gasteiger partial charge in [0.15, 0.2) is 0 Å². The van der Waals surface area contributed by atoms with Crippen molar-refractivity contribution in [2.45, 2.75) is 33.6 Å². The van der Waals surface area contributed by atoms with Crippen LogP contribution in [0.5, 0.6) is 0 Å². The molecule has 0 aliphatic heterocycles. The first-order chi connectivity index (χ1) is 11.4. The summed E-state index contributed by atoms with van der Waals surface area (Å²) in [5.74, 6) is 0. The van der Waals surface area contributed by atoms with Crippen LogP contribution in [0.1, 0.15) is 53.2 Å². The Kier molecular flexibility index (Phi) is 5.30. The normalized spacial score (nSPS) is 11.6. The molecule has 24 heavy (non-hydrogen) atoms. The number of benzene rings is 1. The molecular formula is C19H19F2N3. The number of anilines is 1. The van der Waals surface area contributed by atoms with Crippen LogP contribution in [-0.2, 0) is 0 Å². The van der Waals surface area contributed by atoms with Crippen molar-refractivity contribution in [1.29, 1.82) is 5.26 Å². The minimum atomic E-state index is -2.70. The summed E-state index contributed by atoms with van der Waals surface area (Å²) in [6.45, 7) is 5.68. The lowest BCUT2D eigenvalue weighted by Crippen LogP contribution is -2.04. The molecular weight excluding hydrogens is 308 g/mol. The lowest BCUT2D eigenvalue weighted by molar-refractivity contribution is 0.152. The molecule has 0 spiro atoms. The van der Waals surface area contributed by atoms with Gasteiger partial charge in [-0.1, -0.05) is 19.1 Å². The van der Waals surface area contributed by atoms with Crippen LogP contribution in [0.3, 0.4) is 0 Å². The molecule has 0 saturated carbocycles. The van der Waals surface area contributed by atoms with Crippen molar-refractivity contribution in [3.63, 3.8) is 0 Å². The van der Waals surface area contributed by atoms with Gasteiger partial charge in [-0.15, -0.1) is 0 Å². The first-order valence-corrected chi connectivity index (χ1v) is 7.64. The average molecular weight is 327 g/mol. The molecule has 124 valence electrons. The molecule has 0 aliphatic rings. The summed E-state index contributed by atoms with van der Waals surface area (Å²) in [7, 11) is 0. The molecule has 3 nitrogen and oxygen atoms in total. The third kappa shape index (κ3) is 3.28. The number of halogens is 2. The van der Waals surface area contributed by atoms with E-state index in [1.54, 1.807) is 6.07 Å². The van der Waals surface area contributed by atoms with Gasteiger partial charge in [-0.2, -0.15) is 5.26 Å². The smallest absolute Gasteiger partial charge is 0.266 e. The number of nitrogens with two attached hydrogens (primary N) is 1.